The summed E-state index contributed by atoms with van der Waals surface area (Å²) in [6, 6.07) is 41.6. The van der Waals surface area contributed by atoms with Crippen LogP contribution in [0.3, 0.4) is 0 Å². The first kappa shape index (κ1) is 80.3. The monoisotopic (exact) mass is 1500 g/mol. The van der Waals surface area contributed by atoms with Crippen LogP contribution in [0.15, 0.2) is 161 Å². The van der Waals surface area contributed by atoms with Gasteiger partial charge in [-0.15, -0.1) is 24.8 Å². The molecule has 1 saturated heterocycles. The molecule has 0 amide bonds. The minimum Gasteiger partial charge on any atom is -0.481 e. The van der Waals surface area contributed by atoms with E-state index in [-0.39, 0.29) is 49.1 Å². The number of nitrogen functional groups attached to an aromatic ring is 1. The van der Waals surface area contributed by atoms with E-state index >= 15 is 0 Å². The minimum absolute atomic E-state index is 0. The highest BCUT2D eigenvalue weighted by atomic mass is 79.9. The lowest BCUT2D eigenvalue weighted by atomic mass is 9.80. The summed E-state index contributed by atoms with van der Waals surface area (Å²) in [5.41, 5.74) is 16.6. The Morgan fingerprint density at radius 1 is 0.731 bits per heavy atom. The standard InChI is InChI=1S/C29H37N5O2.C11H13BN2O2.C11H11BrN2.C6H7BrN2.C6H10O2.C5H7BrO2.2ClH/c1-20-15-21(2)34(32-20)27-7-3-5-24(16-27)25(17-28(35)36)19-33-14-12-22(18-33)8-10-26-11-9-23-6-4-13-30-29(23)31-26;1-8-6-9(2)14(13-8)11-5-3-4-10(7-11)12(15)16;1-8-6-9(2)14(13-8)11-5-3-4-10(12)7-11;7-5-2-1-3-6(4-5)9-8;1-3-4-5-6(7)8-2;1-8-5(7)3-2-4-6;;/h3,5,7,9,11,15-16,22,25H,4,6,8,10,12-14,17-19H2,1-2H3,(H,30,31)(H,35,36);3-7,15-16H,1-2H3;3-7H,1-2H3;1-4,9H,8H2;4-5H,3H2,1-2H3;2-3H,4H2,1H3;2*1H/b;;;;5-4+;3-2+;;/t22-,25-;;;;;;;/m1......./s1. The van der Waals surface area contributed by atoms with Crippen LogP contribution in [0.5, 0.6) is 0 Å². The maximum atomic E-state index is 11.7. The van der Waals surface area contributed by atoms with Gasteiger partial charge < -0.3 is 40.3 Å². The second kappa shape index (κ2) is 42.4. The highest BCUT2D eigenvalue weighted by Gasteiger charge is 2.27. The van der Waals surface area contributed by atoms with E-state index in [1.165, 1.54) is 44.0 Å². The van der Waals surface area contributed by atoms with Crippen molar-refractivity contribution in [1.82, 2.24) is 39.2 Å². The molecule has 2 aliphatic rings. The third-order valence-corrected chi connectivity index (χ3v) is 15.7. The van der Waals surface area contributed by atoms with Gasteiger partial charge in [-0.1, -0.05) is 109 Å². The third kappa shape index (κ3) is 27.9. The first-order valence-corrected chi connectivity index (χ1v) is 32.7. The number of hydrogen-bond acceptors (Lipinski definition) is 15. The molecule has 2 atom stereocenters. The number of aromatic nitrogens is 7. The topological polar surface area (TPSA) is 250 Å². The number of ether oxygens (including phenoxy) is 2. The summed E-state index contributed by atoms with van der Waals surface area (Å²) in [6.45, 7) is 17.8. The van der Waals surface area contributed by atoms with E-state index in [1.54, 1.807) is 35.0 Å². The van der Waals surface area contributed by atoms with Crippen molar-refractivity contribution >= 4 is 115 Å². The van der Waals surface area contributed by atoms with Gasteiger partial charge in [0.1, 0.15) is 5.82 Å². The number of carbonyl (C=O) groups excluding carboxylic acids is 2. The number of carboxylic acid groups (broad SMARTS) is 1. The van der Waals surface area contributed by atoms with Gasteiger partial charge in [0.25, 0.3) is 0 Å². The number of nitrogens with one attached hydrogen (secondary N) is 2. The number of hydrazine groups is 1. The fourth-order valence-electron chi connectivity index (χ4n) is 10.1. The summed E-state index contributed by atoms with van der Waals surface area (Å²) >= 11 is 9.87. The van der Waals surface area contributed by atoms with Crippen molar-refractivity contribution in [3.63, 3.8) is 0 Å². The number of nitrogens with two attached hydrogens (primary N) is 1. The number of carbonyl (C=O) groups is 3. The molecular formula is C68H87BBr3Cl2N11O8. The molecule has 7 N–H and O–H groups in total. The maximum absolute atomic E-state index is 11.7. The van der Waals surface area contributed by atoms with E-state index in [0.717, 1.165) is 136 Å². The summed E-state index contributed by atoms with van der Waals surface area (Å²) in [7, 11) is 1.26. The highest BCUT2D eigenvalue weighted by molar-refractivity contribution is 9.10. The average Bonchev–Trinajstić information content (AvgIpc) is 1.84. The van der Waals surface area contributed by atoms with Crippen LogP contribution in [0.1, 0.15) is 95.9 Å². The summed E-state index contributed by atoms with van der Waals surface area (Å²) < 4.78 is 16.4. The molecule has 19 nitrogen and oxygen atoms in total. The second-order valence-electron chi connectivity index (χ2n) is 21.7. The first-order valence-electron chi connectivity index (χ1n) is 30.0. The molecule has 2 aliphatic heterocycles. The quantitative estimate of drug-likeness (QED) is 0.0124. The Balaban J connectivity index is 0.000000329. The van der Waals surface area contributed by atoms with Crippen molar-refractivity contribution in [3.05, 3.63) is 212 Å². The van der Waals surface area contributed by atoms with E-state index in [4.69, 9.17) is 20.9 Å². The zero-order valence-electron chi connectivity index (χ0n) is 54.1. The summed E-state index contributed by atoms with van der Waals surface area (Å²) in [5, 5.41) is 45.3. The van der Waals surface area contributed by atoms with Crippen molar-refractivity contribution in [2.75, 3.05) is 56.5 Å². The molecule has 0 radical (unpaired) electrons. The molecule has 0 unspecified atom stereocenters. The van der Waals surface area contributed by atoms with E-state index in [0.29, 0.717) is 16.7 Å². The van der Waals surface area contributed by atoms with Crippen LogP contribution >= 0.6 is 72.6 Å². The lowest BCUT2D eigenvalue weighted by molar-refractivity contribution is -0.138. The Hall–Kier alpha value is -6.93. The van der Waals surface area contributed by atoms with E-state index in [2.05, 4.69) is 138 Å². The van der Waals surface area contributed by atoms with Gasteiger partial charge >= 0.3 is 25.0 Å². The van der Waals surface area contributed by atoms with Crippen molar-refractivity contribution < 1.29 is 39.0 Å². The number of pyridine rings is 1. The number of aliphatic carboxylic acids is 1. The van der Waals surface area contributed by atoms with E-state index in [1.807, 2.05) is 118 Å². The molecule has 25 heteroatoms. The van der Waals surface area contributed by atoms with Crippen LogP contribution in [-0.4, -0.2) is 125 Å². The largest absolute Gasteiger partial charge is 0.488 e. The predicted molar refractivity (Wildman–Crippen MR) is 388 cm³/mol. The Morgan fingerprint density at radius 3 is 1.76 bits per heavy atom. The molecule has 0 bridgehead atoms. The number of carboxylic acids is 1. The van der Waals surface area contributed by atoms with Crippen LogP contribution in [0.2, 0.25) is 0 Å². The van der Waals surface area contributed by atoms with Gasteiger partial charge in [0.2, 0.25) is 0 Å². The van der Waals surface area contributed by atoms with Crippen LogP contribution in [0, 0.1) is 47.5 Å². The Kier molecular flexibility index (Phi) is 36.6. The fourth-order valence-corrected chi connectivity index (χ4v) is 11.0. The van der Waals surface area contributed by atoms with Crippen molar-refractivity contribution in [2.24, 2.45) is 11.8 Å². The predicted octanol–water partition coefficient (Wildman–Crippen LogP) is 13.0. The molecule has 4 aromatic heterocycles. The van der Waals surface area contributed by atoms with Gasteiger partial charge in [0, 0.05) is 80.4 Å². The Labute approximate surface area is 585 Å². The molecule has 10 rings (SSSR count). The average molecular weight is 1510 g/mol. The number of benzene rings is 4. The molecule has 1 fully saturated rings. The molecule has 0 saturated carbocycles. The number of rotatable bonds is 17. The van der Waals surface area contributed by atoms with Gasteiger partial charge in [0.15, 0.2) is 0 Å². The summed E-state index contributed by atoms with van der Waals surface area (Å²) in [5.74, 6) is 5.45. The number of likely N-dealkylation sites (tertiary alicyclic amines) is 1. The van der Waals surface area contributed by atoms with E-state index < -0.39 is 13.1 Å². The molecular weight excluding hydrogens is 1420 g/mol. The van der Waals surface area contributed by atoms with Crippen LogP contribution in [-0.2, 0) is 36.7 Å². The molecule has 500 valence electrons. The van der Waals surface area contributed by atoms with Gasteiger partial charge in [0.05, 0.1) is 54.8 Å². The number of nitrogens with zero attached hydrogens (tertiary/aromatic N) is 8. The molecule has 8 aromatic rings. The van der Waals surface area contributed by atoms with Crippen LogP contribution < -0.4 is 22.0 Å². The number of alkyl halides is 1. The fraction of sp³-hybridized carbons (Fsp3) is 0.338. The molecule has 93 heavy (non-hydrogen) atoms. The smallest absolute Gasteiger partial charge is 0.481 e. The van der Waals surface area contributed by atoms with Crippen molar-refractivity contribution in [1.29, 1.82) is 0 Å². The lowest BCUT2D eigenvalue weighted by Gasteiger charge is -2.24. The second-order valence-corrected chi connectivity index (χ2v) is 24.2. The minimum atomic E-state index is -1.45. The lowest BCUT2D eigenvalue weighted by Crippen LogP contribution is -2.30. The van der Waals surface area contributed by atoms with E-state index in [9.17, 15) is 19.5 Å². The zero-order chi connectivity index (χ0) is 66.4. The van der Waals surface area contributed by atoms with Gasteiger partial charge in [-0.2, -0.15) is 15.3 Å². The summed E-state index contributed by atoms with van der Waals surface area (Å²) in [6.07, 6.45) is 12.8. The SMILES string of the molecule is CC/C=C/C(=O)OC.COC(=O)/C=C/CBr.Cc1cc(C)n(-c2cccc(B(O)O)c2)n1.Cc1cc(C)n(-c2cccc(Br)c2)n1.Cc1cc(C)n(-c2cccc([C@H](CC(=O)O)CN3CC[C@@H](CCc4ccc5c(n4)NCCC5)C3)c2)n1.Cl.Cl.NNc1cccc(Br)c1. The molecule has 4 aromatic carbocycles. The molecule has 0 spiro atoms. The van der Waals surface area contributed by atoms with Crippen molar-refractivity contribution in [2.45, 2.75) is 99.3 Å². The van der Waals surface area contributed by atoms with Crippen LogP contribution in [0.25, 0.3) is 17.1 Å². The first-order chi connectivity index (χ1) is 43.6. The number of halogens is 5. The van der Waals surface area contributed by atoms with Gasteiger partial charge in [-0.3, -0.25) is 10.6 Å². The van der Waals surface area contributed by atoms with Gasteiger partial charge in [-0.25, -0.2) is 28.6 Å². The normalized spacial score (nSPS) is 13.1. The Bertz CT molecular complexity index is 3630. The third-order valence-electron chi connectivity index (χ3n) is 14.3. The van der Waals surface area contributed by atoms with Gasteiger partial charge in [-0.05, 0) is 194 Å². The maximum Gasteiger partial charge on any atom is 0.488 e. The molecule has 6 heterocycles. The number of allylic oxidation sites excluding steroid dienone is 2. The number of esters is 2. The number of fused-ring (bicyclic) bond motifs is 1. The zero-order valence-corrected chi connectivity index (χ0v) is 60.5. The van der Waals surface area contributed by atoms with Crippen molar-refractivity contribution in [3.8, 4) is 17.1 Å². The van der Waals surface area contributed by atoms with Crippen LogP contribution in [0.4, 0.5) is 11.5 Å². The Morgan fingerprint density at radius 2 is 1.27 bits per heavy atom. The number of anilines is 2. The highest BCUT2D eigenvalue weighted by Crippen LogP contribution is 2.29. The summed E-state index contributed by atoms with van der Waals surface area (Å²) in [4.78, 5) is 39.6. The number of methoxy groups -OCH3 is 2. The number of aryl methyl sites for hydroxylation is 8. The molecule has 0 aliphatic carbocycles. The number of hydrogen-bond donors (Lipinski definition) is 6.